The minimum Gasteiger partial charge on any atom is -0.405 e. The van der Waals surface area contributed by atoms with Crippen molar-refractivity contribution in [2.24, 2.45) is 11.7 Å². The van der Waals surface area contributed by atoms with Crippen LogP contribution < -0.4 is 10.5 Å². The predicted octanol–water partition coefficient (Wildman–Crippen LogP) is 4.96. The van der Waals surface area contributed by atoms with Crippen molar-refractivity contribution in [3.05, 3.63) is 28.2 Å². The lowest BCUT2D eigenvalue weighted by Crippen LogP contribution is -2.23. The van der Waals surface area contributed by atoms with Gasteiger partial charge < -0.3 is 10.5 Å². The lowest BCUT2D eigenvalue weighted by Gasteiger charge is -2.22. The van der Waals surface area contributed by atoms with E-state index >= 15 is 0 Å². The molecule has 1 aliphatic carbocycles. The molecule has 0 unspecified atom stereocenters. The number of rotatable bonds is 3. The third-order valence-electron chi connectivity index (χ3n) is 3.46. The first-order chi connectivity index (χ1) is 8.87. The predicted molar refractivity (Wildman–Crippen MR) is 77.0 cm³/mol. The number of benzene rings is 1. The fraction of sp³-hybridized carbons (Fsp3) is 0.538. The molecule has 0 radical (unpaired) electrons. The zero-order chi connectivity index (χ0) is 14.0. The van der Waals surface area contributed by atoms with Crippen molar-refractivity contribution in [2.75, 3.05) is 0 Å². The lowest BCUT2D eigenvalue weighted by atomic mass is 9.92. The Morgan fingerprint density at radius 3 is 2.40 bits per heavy atom. The second-order valence-corrected chi connectivity index (χ2v) is 5.72. The Morgan fingerprint density at radius 1 is 1.25 bits per heavy atom. The fourth-order valence-electron chi connectivity index (χ4n) is 2.57. The van der Waals surface area contributed by atoms with E-state index in [1.807, 2.05) is 0 Å². The SMILES string of the molecule is Cl.N[C@H](c1cc(Br)ccc1OC(F)(F)F)C1CCCC1. The minimum atomic E-state index is -4.70. The van der Waals surface area contributed by atoms with Crippen molar-refractivity contribution >= 4 is 28.3 Å². The molecular formula is C13H16BrClF3NO. The number of hydrogen-bond donors (Lipinski definition) is 1. The Bertz CT molecular complexity index is 450. The molecule has 20 heavy (non-hydrogen) atoms. The maximum Gasteiger partial charge on any atom is 0.573 e. The van der Waals surface area contributed by atoms with Crippen LogP contribution in [0.3, 0.4) is 0 Å². The molecule has 0 saturated heterocycles. The molecule has 2 nitrogen and oxygen atoms in total. The van der Waals surface area contributed by atoms with Gasteiger partial charge in [0, 0.05) is 16.1 Å². The van der Waals surface area contributed by atoms with Gasteiger partial charge in [-0.25, -0.2) is 0 Å². The number of ether oxygens (including phenoxy) is 1. The molecule has 2 N–H and O–H groups in total. The van der Waals surface area contributed by atoms with E-state index in [4.69, 9.17) is 5.73 Å². The first kappa shape index (κ1) is 17.6. The average Bonchev–Trinajstić information content (AvgIpc) is 2.82. The molecule has 0 heterocycles. The van der Waals surface area contributed by atoms with Crippen molar-refractivity contribution in [2.45, 2.75) is 38.1 Å². The smallest absolute Gasteiger partial charge is 0.405 e. The highest BCUT2D eigenvalue weighted by Gasteiger charge is 2.34. The van der Waals surface area contributed by atoms with E-state index in [1.165, 1.54) is 12.1 Å². The van der Waals surface area contributed by atoms with Crippen LogP contribution in [0.4, 0.5) is 13.2 Å². The van der Waals surface area contributed by atoms with Crippen molar-refractivity contribution in [1.29, 1.82) is 0 Å². The van der Waals surface area contributed by atoms with Gasteiger partial charge in [0.05, 0.1) is 0 Å². The molecule has 1 atom stereocenters. The second kappa shape index (κ2) is 7.00. The highest BCUT2D eigenvalue weighted by Crippen LogP contribution is 2.39. The summed E-state index contributed by atoms with van der Waals surface area (Å²) in [6, 6.07) is 4.02. The Hall–Kier alpha value is -0.460. The van der Waals surface area contributed by atoms with Crippen molar-refractivity contribution in [3.8, 4) is 5.75 Å². The average molecular weight is 375 g/mol. The van der Waals surface area contributed by atoms with E-state index in [9.17, 15) is 13.2 Å². The molecule has 7 heteroatoms. The molecule has 2 rings (SSSR count). The van der Waals surface area contributed by atoms with Gasteiger partial charge in [0.25, 0.3) is 0 Å². The van der Waals surface area contributed by atoms with E-state index in [-0.39, 0.29) is 24.1 Å². The Balaban J connectivity index is 0.00000200. The summed E-state index contributed by atoms with van der Waals surface area (Å²) < 4.78 is 41.9. The van der Waals surface area contributed by atoms with Crippen molar-refractivity contribution < 1.29 is 17.9 Å². The molecule has 1 saturated carbocycles. The number of halogens is 5. The van der Waals surface area contributed by atoms with E-state index in [0.29, 0.717) is 10.0 Å². The summed E-state index contributed by atoms with van der Waals surface area (Å²) in [6.07, 6.45) is -0.611. The van der Waals surface area contributed by atoms with Crippen LogP contribution in [0, 0.1) is 5.92 Å². The topological polar surface area (TPSA) is 35.2 Å². The summed E-state index contributed by atoms with van der Waals surface area (Å²) in [5.41, 5.74) is 6.54. The third kappa shape index (κ3) is 4.53. The van der Waals surface area contributed by atoms with Crippen LogP contribution in [0.1, 0.15) is 37.3 Å². The van der Waals surface area contributed by atoms with Crippen LogP contribution in [0.2, 0.25) is 0 Å². The largest absolute Gasteiger partial charge is 0.573 e. The molecule has 1 aromatic carbocycles. The summed E-state index contributed by atoms with van der Waals surface area (Å²) in [7, 11) is 0. The molecule has 0 bridgehead atoms. The van der Waals surface area contributed by atoms with E-state index in [2.05, 4.69) is 20.7 Å². The summed E-state index contributed by atoms with van der Waals surface area (Å²) in [6.45, 7) is 0. The van der Waals surface area contributed by atoms with Gasteiger partial charge in [-0.1, -0.05) is 28.8 Å². The summed E-state index contributed by atoms with van der Waals surface area (Å²) in [4.78, 5) is 0. The molecule has 0 aromatic heterocycles. The molecule has 1 aliphatic rings. The number of hydrogen-bond acceptors (Lipinski definition) is 2. The fourth-order valence-corrected chi connectivity index (χ4v) is 2.95. The normalized spacial score (nSPS) is 17.6. The van der Waals surface area contributed by atoms with Crippen LogP contribution >= 0.6 is 28.3 Å². The van der Waals surface area contributed by atoms with Crippen molar-refractivity contribution in [3.63, 3.8) is 0 Å². The molecule has 0 amide bonds. The molecule has 114 valence electrons. The van der Waals surface area contributed by atoms with E-state index in [1.54, 1.807) is 6.07 Å². The van der Waals surface area contributed by atoms with Crippen LogP contribution in [-0.4, -0.2) is 6.36 Å². The highest BCUT2D eigenvalue weighted by atomic mass is 79.9. The Labute approximate surface area is 130 Å². The van der Waals surface area contributed by atoms with Gasteiger partial charge in [-0.3, -0.25) is 0 Å². The summed E-state index contributed by atoms with van der Waals surface area (Å²) in [5.74, 6) is 0.0278. The summed E-state index contributed by atoms with van der Waals surface area (Å²) >= 11 is 3.26. The van der Waals surface area contributed by atoms with Gasteiger partial charge in [-0.2, -0.15) is 0 Å². The maximum absolute atomic E-state index is 12.4. The number of alkyl halides is 3. The van der Waals surface area contributed by atoms with Gasteiger partial charge in [-0.15, -0.1) is 25.6 Å². The van der Waals surface area contributed by atoms with Gasteiger partial charge in [0.15, 0.2) is 0 Å². The molecule has 0 aliphatic heterocycles. The van der Waals surface area contributed by atoms with Gasteiger partial charge in [0.2, 0.25) is 0 Å². The lowest BCUT2D eigenvalue weighted by molar-refractivity contribution is -0.275. The van der Waals surface area contributed by atoms with Gasteiger partial charge in [-0.05, 0) is 37.0 Å². The quantitative estimate of drug-likeness (QED) is 0.811. The van der Waals surface area contributed by atoms with Crippen LogP contribution in [0.5, 0.6) is 5.75 Å². The molecule has 1 fully saturated rings. The molecule has 1 aromatic rings. The van der Waals surface area contributed by atoms with E-state index < -0.39 is 12.4 Å². The Kier molecular flexibility index (Phi) is 6.16. The van der Waals surface area contributed by atoms with Gasteiger partial charge >= 0.3 is 6.36 Å². The second-order valence-electron chi connectivity index (χ2n) is 4.80. The van der Waals surface area contributed by atoms with Crippen molar-refractivity contribution in [1.82, 2.24) is 0 Å². The standard InChI is InChI=1S/C13H15BrF3NO.ClH/c14-9-5-6-11(19-13(15,16)17)10(7-9)12(18)8-3-1-2-4-8;/h5-8,12H,1-4,18H2;1H/t12-;/m0./s1. The van der Waals surface area contributed by atoms with Crippen LogP contribution in [0.25, 0.3) is 0 Å². The van der Waals surface area contributed by atoms with Crippen LogP contribution in [0.15, 0.2) is 22.7 Å². The maximum atomic E-state index is 12.4. The first-order valence-electron chi connectivity index (χ1n) is 6.17. The zero-order valence-corrected chi connectivity index (χ0v) is 13.0. The third-order valence-corrected chi connectivity index (χ3v) is 3.96. The van der Waals surface area contributed by atoms with E-state index in [0.717, 1.165) is 25.7 Å². The van der Waals surface area contributed by atoms with Crippen LogP contribution in [-0.2, 0) is 0 Å². The molecular weight excluding hydrogens is 359 g/mol. The minimum absolute atomic E-state index is 0. The zero-order valence-electron chi connectivity index (χ0n) is 10.6. The Morgan fingerprint density at radius 2 is 1.85 bits per heavy atom. The van der Waals surface area contributed by atoms with Gasteiger partial charge in [0.1, 0.15) is 5.75 Å². The monoisotopic (exact) mass is 373 g/mol. The highest BCUT2D eigenvalue weighted by molar-refractivity contribution is 9.10. The number of nitrogens with two attached hydrogens (primary N) is 1. The molecule has 0 spiro atoms. The first-order valence-corrected chi connectivity index (χ1v) is 6.97. The summed E-state index contributed by atoms with van der Waals surface area (Å²) in [5, 5.41) is 0.